The van der Waals surface area contributed by atoms with Crippen LogP contribution in [0.2, 0.25) is 0 Å². The predicted molar refractivity (Wildman–Crippen MR) is 116 cm³/mol. The van der Waals surface area contributed by atoms with Crippen molar-refractivity contribution in [2.75, 3.05) is 6.54 Å². The molecule has 29 heavy (non-hydrogen) atoms. The average Bonchev–Trinajstić information content (AvgIpc) is 3.09. The van der Waals surface area contributed by atoms with Gasteiger partial charge in [0.15, 0.2) is 0 Å². The molecular formula is C25H43NO3. The van der Waals surface area contributed by atoms with Crippen molar-refractivity contribution in [1.82, 2.24) is 5.32 Å². The maximum atomic E-state index is 11.8. The second-order valence-corrected chi connectivity index (χ2v) is 10.6. The van der Waals surface area contributed by atoms with Gasteiger partial charge < -0.3 is 10.4 Å². The van der Waals surface area contributed by atoms with Crippen molar-refractivity contribution in [1.29, 1.82) is 0 Å². The average molecular weight is 406 g/mol. The van der Waals surface area contributed by atoms with E-state index in [-0.39, 0.29) is 19.9 Å². The van der Waals surface area contributed by atoms with E-state index < -0.39 is 5.97 Å². The molecule has 0 aromatic carbocycles. The molecule has 7 atom stereocenters. The lowest BCUT2D eigenvalue weighted by atomic mass is 9.47. The Labute approximate surface area is 177 Å². The molecule has 0 bridgehead atoms. The summed E-state index contributed by atoms with van der Waals surface area (Å²) < 4.78 is 0. The first-order valence-electron chi connectivity index (χ1n) is 12.0. The summed E-state index contributed by atoms with van der Waals surface area (Å²) in [6.45, 7) is 2.39. The third-order valence-corrected chi connectivity index (χ3v) is 9.47. The molecule has 0 heterocycles. The highest BCUT2D eigenvalue weighted by atomic mass is 16.4. The Kier molecular flexibility index (Phi) is 7.32. The van der Waals surface area contributed by atoms with Crippen LogP contribution >= 0.6 is 0 Å². The van der Waals surface area contributed by atoms with E-state index in [2.05, 4.69) is 12.2 Å². The van der Waals surface area contributed by atoms with Crippen molar-refractivity contribution in [3.05, 3.63) is 0 Å². The van der Waals surface area contributed by atoms with Crippen LogP contribution in [0, 0.1) is 40.9 Å². The number of fused-ring (bicyclic) bond motifs is 5. The van der Waals surface area contributed by atoms with Gasteiger partial charge in [0.1, 0.15) is 6.54 Å². The molecular weight excluding hydrogens is 362 g/mol. The van der Waals surface area contributed by atoms with Gasteiger partial charge in [0, 0.05) is 6.42 Å². The molecule has 0 spiro atoms. The first-order chi connectivity index (χ1) is 13.5. The molecule has 4 nitrogen and oxygen atoms in total. The Morgan fingerprint density at radius 3 is 2.52 bits per heavy atom. The quantitative estimate of drug-likeness (QED) is 0.600. The number of nitrogens with one attached hydrogen (secondary N) is 1. The molecule has 0 aromatic rings. The normalized spacial score (nSPS) is 40.7. The maximum absolute atomic E-state index is 11.8. The fourth-order valence-electron chi connectivity index (χ4n) is 8.22. The van der Waals surface area contributed by atoms with Crippen LogP contribution in [-0.2, 0) is 9.59 Å². The summed E-state index contributed by atoms with van der Waals surface area (Å²) in [5, 5.41) is 11.2. The fraction of sp³-hybridized carbons (Fsp3) is 0.920. The molecule has 0 saturated heterocycles. The zero-order chi connectivity index (χ0) is 19.7. The van der Waals surface area contributed by atoms with E-state index in [1.165, 1.54) is 64.2 Å². The van der Waals surface area contributed by atoms with Gasteiger partial charge in [-0.2, -0.15) is 0 Å². The molecule has 4 fully saturated rings. The molecule has 4 aliphatic carbocycles. The minimum atomic E-state index is -0.967. The van der Waals surface area contributed by atoms with Gasteiger partial charge in [-0.15, -0.1) is 0 Å². The summed E-state index contributed by atoms with van der Waals surface area (Å²) in [7, 11) is 0. The van der Waals surface area contributed by atoms with E-state index >= 15 is 0 Å². The van der Waals surface area contributed by atoms with E-state index in [0.717, 1.165) is 48.3 Å². The lowest BCUT2D eigenvalue weighted by Crippen LogP contribution is -2.50. The third-order valence-electron chi connectivity index (χ3n) is 9.47. The maximum Gasteiger partial charge on any atom is 0.322 e. The van der Waals surface area contributed by atoms with Gasteiger partial charge in [0.05, 0.1) is 0 Å². The SMILES string of the molecule is C.CC12CCCCC1CCC1C3CCC(CCCC(=O)NCC(=O)O)C3CCC12. The van der Waals surface area contributed by atoms with Crippen LogP contribution < -0.4 is 5.32 Å². The van der Waals surface area contributed by atoms with Gasteiger partial charge in [-0.05, 0) is 105 Å². The Morgan fingerprint density at radius 1 is 0.966 bits per heavy atom. The van der Waals surface area contributed by atoms with Crippen molar-refractivity contribution in [2.45, 2.75) is 97.8 Å². The van der Waals surface area contributed by atoms with Crippen LogP contribution in [0.25, 0.3) is 0 Å². The first-order valence-corrected chi connectivity index (χ1v) is 12.0. The monoisotopic (exact) mass is 405 g/mol. The molecule has 0 aliphatic heterocycles. The van der Waals surface area contributed by atoms with Crippen LogP contribution in [0.3, 0.4) is 0 Å². The Balaban J connectivity index is 0.00000240. The Hall–Kier alpha value is -1.06. The molecule has 0 aromatic heterocycles. The summed E-state index contributed by atoms with van der Waals surface area (Å²) in [5.74, 6) is 4.52. The Morgan fingerprint density at radius 2 is 1.72 bits per heavy atom. The number of carbonyl (C=O) groups excluding carboxylic acids is 1. The number of carbonyl (C=O) groups is 2. The van der Waals surface area contributed by atoms with Crippen molar-refractivity contribution in [3.63, 3.8) is 0 Å². The highest BCUT2D eigenvalue weighted by Crippen LogP contribution is 2.64. The molecule has 4 heteroatoms. The summed E-state index contributed by atoms with van der Waals surface area (Å²) in [5.41, 5.74) is 0.631. The number of carboxylic acid groups (broad SMARTS) is 1. The molecule has 4 aliphatic rings. The zero-order valence-electron chi connectivity index (χ0n) is 17.6. The van der Waals surface area contributed by atoms with Crippen LogP contribution in [0.15, 0.2) is 0 Å². The Bertz CT molecular complexity index is 591. The molecule has 4 saturated carbocycles. The van der Waals surface area contributed by atoms with Gasteiger partial charge >= 0.3 is 5.97 Å². The third kappa shape index (κ3) is 4.51. The molecule has 2 N–H and O–H groups in total. The minimum Gasteiger partial charge on any atom is -0.480 e. The van der Waals surface area contributed by atoms with Gasteiger partial charge in [0.25, 0.3) is 0 Å². The van der Waals surface area contributed by atoms with E-state index in [4.69, 9.17) is 5.11 Å². The van der Waals surface area contributed by atoms with Gasteiger partial charge in [-0.1, -0.05) is 27.2 Å². The van der Waals surface area contributed by atoms with Crippen molar-refractivity contribution in [2.24, 2.45) is 40.9 Å². The second-order valence-electron chi connectivity index (χ2n) is 10.6. The molecule has 166 valence electrons. The topological polar surface area (TPSA) is 66.4 Å². The van der Waals surface area contributed by atoms with Gasteiger partial charge in [-0.3, -0.25) is 9.59 Å². The van der Waals surface area contributed by atoms with Crippen LogP contribution in [0.4, 0.5) is 0 Å². The molecule has 4 rings (SSSR count). The second kappa shape index (κ2) is 9.39. The minimum absolute atomic E-state index is 0. The summed E-state index contributed by atoms with van der Waals surface area (Å²) >= 11 is 0. The number of rotatable bonds is 6. The van der Waals surface area contributed by atoms with Crippen molar-refractivity contribution in [3.8, 4) is 0 Å². The highest BCUT2D eigenvalue weighted by molar-refractivity contribution is 5.80. The number of amides is 1. The number of hydrogen-bond donors (Lipinski definition) is 2. The summed E-state index contributed by atoms with van der Waals surface area (Å²) in [6, 6.07) is 0. The smallest absolute Gasteiger partial charge is 0.322 e. The molecule has 0 radical (unpaired) electrons. The van der Waals surface area contributed by atoms with Crippen LogP contribution in [-0.4, -0.2) is 23.5 Å². The molecule has 7 unspecified atom stereocenters. The first kappa shape index (κ1) is 22.6. The van der Waals surface area contributed by atoms with Gasteiger partial charge in [-0.25, -0.2) is 0 Å². The van der Waals surface area contributed by atoms with Crippen molar-refractivity contribution >= 4 is 11.9 Å². The fourth-order valence-corrected chi connectivity index (χ4v) is 8.22. The predicted octanol–water partition coefficient (Wildman–Crippen LogP) is 5.65. The van der Waals surface area contributed by atoms with Crippen LogP contribution in [0.1, 0.15) is 97.8 Å². The lowest BCUT2D eigenvalue weighted by Gasteiger charge is -2.58. The summed E-state index contributed by atoms with van der Waals surface area (Å²) in [6.07, 6.45) is 17.0. The highest BCUT2D eigenvalue weighted by Gasteiger charge is 2.55. The van der Waals surface area contributed by atoms with E-state index in [1.807, 2.05) is 0 Å². The van der Waals surface area contributed by atoms with Crippen molar-refractivity contribution < 1.29 is 14.7 Å². The van der Waals surface area contributed by atoms with E-state index in [1.54, 1.807) is 0 Å². The number of aliphatic carboxylic acids is 1. The van der Waals surface area contributed by atoms with E-state index in [9.17, 15) is 9.59 Å². The summed E-state index contributed by atoms with van der Waals surface area (Å²) in [4.78, 5) is 22.3. The number of carboxylic acids is 1. The number of hydrogen-bond acceptors (Lipinski definition) is 2. The van der Waals surface area contributed by atoms with Crippen LogP contribution in [0.5, 0.6) is 0 Å². The lowest BCUT2D eigenvalue weighted by molar-refractivity contribution is -0.137. The zero-order valence-corrected chi connectivity index (χ0v) is 17.6. The van der Waals surface area contributed by atoms with E-state index in [0.29, 0.717) is 11.8 Å². The standard InChI is InChI=1S/C24H39NO3.CH4/c1-24-14-3-2-6-17(24)9-11-20-19-10-8-16(18(19)12-13-21(20)24)5-4-7-22(26)25-15-23(27)28;/h16-21H,2-15H2,1H3,(H,25,26)(H,27,28);1H4. The molecule has 1 amide bonds. The largest absolute Gasteiger partial charge is 0.480 e. The van der Waals surface area contributed by atoms with Gasteiger partial charge in [0.2, 0.25) is 5.91 Å².